The summed E-state index contributed by atoms with van der Waals surface area (Å²) in [6.07, 6.45) is 0. The van der Waals surface area contributed by atoms with Gasteiger partial charge in [-0.05, 0) is 130 Å². The highest BCUT2D eigenvalue weighted by atomic mass is 16.3. The highest BCUT2D eigenvalue weighted by Gasteiger charge is 2.37. The minimum Gasteiger partial charge on any atom is -0.455 e. The van der Waals surface area contributed by atoms with Crippen LogP contribution in [0, 0.1) is 0 Å². The lowest BCUT2D eigenvalue weighted by Gasteiger charge is -2.23. The van der Waals surface area contributed by atoms with Crippen LogP contribution in [0.4, 0.5) is 0 Å². The minimum atomic E-state index is -0.151. The van der Waals surface area contributed by atoms with E-state index in [1.54, 1.807) is 0 Å². The summed E-state index contributed by atoms with van der Waals surface area (Å²) in [6, 6.07) is 75.6. The third-order valence-electron chi connectivity index (χ3n) is 13.1. The zero-order valence-corrected chi connectivity index (χ0v) is 33.5. The molecule has 0 spiro atoms. The fraction of sp³-hybridized carbons (Fsp3) is 0.0508. The number of rotatable bonds is 3. The third-order valence-corrected chi connectivity index (χ3v) is 13.1. The predicted octanol–water partition coefficient (Wildman–Crippen LogP) is 16.6. The smallest absolute Gasteiger partial charge is 0.143 e. The Bertz CT molecular complexity index is 3630. The van der Waals surface area contributed by atoms with E-state index in [2.05, 4.69) is 214 Å². The summed E-state index contributed by atoms with van der Waals surface area (Å²) >= 11 is 0. The standard InChI is InChI=1S/C59H40O/c1-59(2)55-33-28-41(36-54(55)51-30-32-53-50(57(51)59)29-31-52-49-21-11-12-23-56(49)60-58(52)53)39-24-25-40-35-42(27-26-38(40)34-39)44-16-5-3-4-6-18-47(48-20-10-9-19-45(44)48)46-22-13-15-37-14-7-8-17-43(37)46/h3-36H,1-2H3. The van der Waals surface area contributed by atoms with Crippen molar-refractivity contribution >= 4 is 65.0 Å². The summed E-state index contributed by atoms with van der Waals surface area (Å²) in [7, 11) is 0. The normalized spacial score (nSPS) is 13.0. The Morgan fingerprint density at radius 2 is 0.867 bits per heavy atom. The lowest BCUT2D eigenvalue weighted by atomic mass is 9.80. The van der Waals surface area contributed by atoms with Gasteiger partial charge in [0.25, 0.3) is 0 Å². The topological polar surface area (TPSA) is 13.1 Å². The lowest BCUT2D eigenvalue weighted by molar-refractivity contribution is 0.665. The van der Waals surface area contributed by atoms with Crippen LogP contribution in [0.25, 0.3) is 110 Å². The maximum Gasteiger partial charge on any atom is 0.143 e. The van der Waals surface area contributed by atoms with Gasteiger partial charge in [0, 0.05) is 21.6 Å². The highest BCUT2D eigenvalue weighted by molar-refractivity contribution is 6.17. The van der Waals surface area contributed by atoms with Crippen molar-refractivity contribution in [2.45, 2.75) is 19.3 Å². The molecule has 60 heavy (non-hydrogen) atoms. The molecular formula is C59H40O. The summed E-state index contributed by atoms with van der Waals surface area (Å²) in [6.45, 7) is 4.74. The van der Waals surface area contributed by atoms with Crippen molar-refractivity contribution in [1.29, 1.82) is 0 Å². The van der Waals surface area contributed by atoms with Crippen LogP contribution in [0.5, 0.6) is 0 Å². The van der Waals surface area contributed by atoms with Crippen LogP contribution in [0.15, 0.2) is 211 Å². The van der Waals surface area contributed by atoms with Gasteiger partial charge in [0.05, 0.1) is 0 Å². The van der Waals surface area contributed by atoms with Crippen molar-refractivity contribution < 1.29 is 4.42 Å². The van der Waals surface area contributed by atoms with E-state index >= 15 is 0 Å². The molecule has 0 radical (unpaired) electrons. The summed E-state index contributed by atoms with van der Waals surface area (Å²) in [4.78, 5) is 0. The quantitative estimate of drug-likeness (QED) is 0.175. The van der Waals surface area contributed by atoms with E-state index in [9.17, 15) is 0 Å². The van der Waals surface area contributed by atoms with Gasteiger partial charge in [-0.25, -0.2) is 0 Å². The van der Waals surface area contributed by atoms with Crippen LogP contribution < -0.4 is 0 Å². The van der Waals surface area contributed by atoms with Gasteiger partial charge in [-0.2, -0.15) is 0 Å². The SMILES string of the molecule is CC1(C)c2ccc(-c3ccc4cc(-c5ccccccc(-c6cccc7ccccc67)c6ccccc56)ccc4c3)cc2-c2ccc3c(ccc4c5ccccc5oc34)c21. The average Bonchev–Trinajstić information content (AvgIpc) is 3.79. The van der Waals surface area contributed by atoms with E-state index in [1.807, 2.05) is 6.07 Å². The van der Waals surface area contributed by atoms with E-state index < -0.39 is 0 Å². The first-order chi connectivity index (χ1) is 29.5. The van der Waals surface area contributed by atoms with Crippen molar-refractivity contribution in [3.8, 4) is 44.5 Å². The molecule has 0 aliphatic heterocycles. The molecule has 1 aliphatic carbocycles. The fourth-order valence-corrected chi connectivity index (χ4v) is 10.2. The maximum absolute atomic E-state index is 6.48. The number of benzene rings is 9. The molecule has 12 rings (SSSR count). The zero-order chi connectivity index (χ0) is 40.0. The molecule has 10 aromatic carbocycles. The van der Waals surface area contributed by atoms with Gasteiger partial charge >= 0.3 is 0 Å². The summed E-state index contributed by atoms with van der Waals surface area (Å²) < 4.78 is 6.48. The number of hydrogen-bond donors (Lipinski definition) is 0. The number of hydrogen-bond acceptors (Lipinski definition) is 1. The Kier molecular flexibility index (Phi) is 7.65. The van der Waals surface area contributed by atoms with Crippen molar-refractivity contribution in [2.75, 3.05) is 0 Å². The summed E-state index contributed by atoms with van der Waals surface area (Å²) in [5, 5.41) is 12.2. The molecule has 0 fully saturated rings. The Balaban J connectivity index is 0.958. The molecule has 0 bridgehead atoms. The Labute approximate surface area is 349 Å². The Morgan fingerprint density at radius 3 is 1.70 bits per heavy atom. The second kappa shape index (κ2) is 13.3. The van der Waals surface area contributed by atoms with Gasteiger partial charge in [0.15, 0.2) is 0 Å². The van der Waals surface area contributed by atoms with Crippen LogP contribution in [-0.4, -0.2) is 0 Å². The molecule has 0 amide bonds. The van der Waals surface area contributed by atoms with Crippen LogP contribution in [-0.2, 0) is 5.41 Å². The van der Waals surface area contributed by atoms with Crippen LogP contribution in [0.2, 0.25) is 0 Å². The van der Waals surface area contributed by atoms with Gasteiger partial charge in [-0.1, -0.05) is 184 Å². The number of furan rings is 1. The molecule has 11 aromatic rings. The summed E-state index contributed by atoms with van der Waals surface area (Å²) in [5.74, 6) is 0. The van der Waals surface area contributed by atoms with Crippen molar-refractivity contribution in [3.63, 3.8) is 0 Å². The van der Waals surface area contributed by atoms with Crippen molar-refractivity contribution in [2.24, 2.45) is 0 Å². The van der Waals surface area contributed by atoms with E-state index in [0.717, 1.165) is 11.2 Å². The second-order valence-electron chi connectivity index (χ2n) is 16.8. The van der Waals surface area contributed by atoms with Gasteiger partial charge in [-0.3, -0.25) is 0 Å². The van der Waals surface area contributed by atoms with Gasteiger partial charge < -0.3 is 4.42 Å². The summed E-state index contributed by atoms with van der Waals surface area (Å²) in [5.41, 5.74) is 14.4. The van der Waals surface area contributed by atoms with Crippen molar-refractivity contribution in [1.82, 2.24) is 0 Å². The molecule has 0 N–H and O–H groups in total. The molecule has 0 saturated heterocycles. The largest absolute Gasteiger partial charge is 0.455 e. The van der Waals surface area contributed by atoms with Crippen LogP contribution in [0.1, 0.15) is 25.0 Å². The van der Waals surface area contributed by atoms with E-state index in [1.165, 1.54) is 109 Å². The van der Waals surface area contributed by atoms with Gasteiger partial charge in [-0.15, -0.1) is 0 Å². The zero-order valence-electron chi connectivity index (χ0n) is 33.5. The molecule has 1 aromatic heterocycles. The highest BCUT2D eigenvalue weighted by Crippen LogP contribution is 2.53. The van der Waals surface area contributed by atoms with Gasteiger partial charge in [0.2, 0.25) is 0 Å². The first-order valence-electron chi connectivity index (χ1n) is 20.9. The molecule has 1 heterocycles. The molecule has 0 atom stereocenters. The second-order valence-corrected chi connectivity index (χ2v) is 16.8. The van der Waals surface area contributed by atoms with Crippen LogP contribution in [0.3, 0.4) is 0 Å². The molecule has 0 unspecified atom stereocenters. The average molecular weight is 765 g/mol. The van der Waals surface area contributed by atoms with E-state index in [4.69, 9.17) is 4.42 Å². The molecule has 0 saturated carbocycles. The molecule has 282 valence electrons. The number of para-hydroxylation sites is 1. The molecule has 1 aliphatic rings. The van der Waals surface area contributed by atoms with Crippen molar-refractivity contribution in [3.05, 3.63) is 217 Å². The third kappa shape index (κ3) is 5.26. The minimum absolute atomic E-state index is 0.151. The Hall–Kier alpha value is -7.48. The number of fused-ring (bicyclic) bond motifs is 12. The van der Waals surface area contributed by atoms with E-state index in [0.29, 0.717) is 0 Å². The van der Waals surface area contributed by atoms with E-state index in [-0.39, 0.29) is 5.41 Å². The molecule has 1 nitrogen and oxygen atoms in total. The van der Waals surface area contributed by atoms with Gasteiger partial charge in [0.1, 0.15) is 11.2 Å². The van der Waals surface area contributed by atoms with Crippen LogP contribution >= 0.6 is 0 Å². The molecule has 1 heteroatoms. The Morgan fingerprint density at radius 1 is 0.317 bits per heavy atom. The first kappa shape index (κ1) is 34.6. The predicted molar refractivity (Wildman–Crippen MR) is 255 cm³/mol. The maximum atomic E-state index is 6.48. The monoisotopic (exact) mass is 764 g/mol. The fourth-order valence-electron chi connectivity index (χ4n) is 10.2. The lowest BCUT2D eigenvalue weighted by Crippen LogP contribution is -2.15. The molecular weight excluding hydrogens is 725 g/mol. The first-order valence-corrected chi connectivity index (χ1v) is 20.9.